The Bertz CT molecular complexity index is 1090. The molecule has 0 fully saturated rings. The smallest absolute Gasteiger partial charge is 0.115 e. The number of aromatic nitrogens is 2. The summed E-state index contributed by atoms with van der Waals surface area (Å²) in [6.07, 6.45) is 12.7. The second-order valence-corrected chi connectivity index (χ2v) is 16.5. The minimum absolute atomic E-state index is 0.147. The summed E-state index contributed by atoms with van der Waals surface area (Å²) in [6, 6.07) is 8.45. The highest BCUT2D eigenvalue weighted by Gasteiger charge is 2.17. The number of rotatable bonds is 4. The number of nitrogens with zero attached hydrogens (tertiary/aromatic N) is 2. The van der Waals surface area contributed by atoms with E-state index in [0.29, 0.717) is 10.8 Å². The van der Waals surface area contributed by atoms with Crippen LogP contribution >= 0.6 is 11.3 Å². The topological polar surface area (TPSA) is 38.9 Å². The van der Waals surface area contributed by atoms with Crippen molar-refractivity contribution >= 4 is 11.3 Å². The van der Waals surface area contributed by atoms with Gasteiger partial charge in [0, 0.05) is 27.6 Å². The van der Waals surface area contributed by atoms with Crippen LogP contribution in [0.15, 0.2) is 59.1 Å². The Morgan fingerprint density at radius 1 is 0.738 bits per heavy atom. The van der Waals surface area contributed by atoms with Gasteiger partial charge >= 0.3 is 0 Å². The van der Waals surface area contributed by atoms with Gasteiger partial charge in [0.05, 0.1) is 0 Å². The first kappa shape index (κ1) is 39.8. The van der Waals surface area contributed by atoms with Crippen molar-refractivity contribution in [3.05, 3.63) is 81.5 Å². The maximum Gasteiger partial charge on any atom is 0.115 e. The lowest BCUT2D eigenvalue weighted by Crippen LogP contribution is -2.11. The SMILES string of the molecule is CC(C)(C)c1cncnc1.CCC/C=C(\CCC)C(C)(C)C.Cc1ccc(C(C)(C)C)o1.Cc1ccc(C(C)(C)C)s1. The molecule has 3 rings (SSSR count). The zero-order chi connectivity index (χ0) is 32.8. The standard InChI is InChI=1S/C12H24.C9H14O.C9H14S.C8H12N2/c1-6-8-10-11(9-7-2)12(3,4)5;2*1-7-5-6-8(10-7)9(2,3)4;1-8(2,3)7-4-9-6-10-5-7/h10H,6-9H2,1-5H3;2*5-6H,1-4H3;4-6H,1-3H3/b11-10+;;;. The van der Waals surface area contributed by atoms with Crippen LogP contribution < -0.4 is 0 Å². The number of thiophene rings is 1. The molecule has 0 bridgehead atoms. The normalized spacial score (nSPS) is 12.3. The third-order valence-electron chi connectivity index (χ3n) is 6.55. The second-order valence-electron chi connectivity index (χ2n) is 15.2. The third kappa shape index (κ3) is 17.0. The Morgan fingerprint density at radius 3 is 1.57 bits per heavy atom. The van der Waals surface area contributed by atoms with Crippen LogP contribution in [0, 0.1) is 19.3 Å². The molecule has 0 aliphatic rings. The van der Waals surface area contributed by atoms with Gasteiger partial charge in [-0.1, -0.05) is 121 Å². The van der Waals surface area contributed by atoms with Crippen LogP contribution in [-0.2, 0) is 16.2 Å². The summed E-state index contributed by atoms with van der Waals surface area (Å²) in [7, 11) is 0. The maximum atomic E-state index is 5.45. The summed E-state index contributed by atoms with van der Waals surface area (Å²) in [5, 5.41) is 0. The molecule has 0 aliphatic heterocycles. The highest BCUT2D eigenvalue weighted by Crippen LogP contribution is 2.30. The van der Waals surface area contributed by atoms with E-state index in [9.17, 15) is 0 Å². The van der Waals surface area contributed by atoms with E-state index in [1.54, 1.807) is 11.9 Å². The van der Waals surface area contributed by atoms with Gasteiger partial charge in [-0.3, -0.25) is 0 Å². The van der Waals surface area contributed by atoms with Crippen molar-refractivity contribution in [1.82, 2.24) is 9.97 Å². The van der Waals surface area contributed by atoms with Crippen LogP contribution in [0.4, 0.5) is 0 Å². The van der Waals surface area contributed by atoms with Crippen molar-refractivity contribution in [3.8, 4) is 0 Å². The number of hydrogen-bond acceptors (Lipinski definition) is 4. The molecule has 4 heteroatoms. The van der Waals surface area contributed by atoms with Gasteiger partial charge in [-0.2, -0.15) is 0 Å². The van der Waals surface area contributed by atoms with E-state index < -0.39 is 0 Å². The molecule has 3 nitrogen and oxygen atoms in total. The summed E-state index contributed by atoms with van der Waals surface area (Å²) in [5.74, 6) is 2.05. The van der Waals surface area contributed by atoms with E-state index in [1.807, 2.05) is 42.8 Å². The summed E-state index contributed by atoms with van der Waals surface area (Å²) in [5.41, 5.74) is 3.83. The molecule has 42 heavy (non-hydrogen) atoms. The molecule has 0 amide bonds. The number of allylic oxidation sites excluding steroid dienone is 2. The molecule has 3 aromatic heterocycles. The van der Waals surface area contributed by atoms with Gasteiger partial charge in [-0.15, -0.1) is 11.3 Å². The van der Waals surface area contributed by atoms with Gasteiger partial charge in [0.1, 0.15) is 17.8 Å². The average molecular weight is 597 g/mol. The van der Waals surface area contributed by atoms with Gasteiger partial charge in [0.15, 0.2) is 0 Å². The van der Waals surface area contributed by atoms with Gasteiger partial charge in [0.25, 0.3) is 0 Å². The maximum absolute atomic E-state index is 5.45. The highest BCUT2D eigenvalue weighted by molar-refractivity contribution is 7.12. The summed E-state index contributed by atoms with van der Waals surface area (Å²) in [6.45, 7) is 35.2. The fraction of sp³-hybridized carbons (Fsp3) is 0.632. The van der Waals surface area contributed by atoms with Gasteiger partial charge in [-0.25, -0.2) is 9.97 Å². The van der Waals surface area contributed by atoms with Crippen LogP contribution in [0.3, 0.4) is 0 Å². The summed E-state index contributed by atoms with van der Waals surface area (Å²) < 4.78 is 5.45. The van der Waals surface area contributed by atoms with Crippen LogP contribution in [-0.4, -0.2) is 9.97 Å². The molecular weight excluding hydrogens is 532 g/mol. The van der Waals surface area contributed by atoms with Crippen LogP contribution in [0.5, 0.6) is 0 Å². The zero-order valence-electron chi connectivity index (χ0n) is 30.2. The Morgan fingerprint density at radius 2 is 1.31 bits per heavy atom. The Balaban J connectivity index is 0.000000535. The zero-order valence-corrected chi connectivity index (χ0v) is 31.0. The fourth-order valence-electron chi connectivity index (χ4n) is 3.73. The van der Waals surface area contributed by atoms with Crippen molar-refractivity contribution in [2.75, 3.05) is 0 Å². The molecule has 3 aromatic rings. The van der Waals surface area contributed by atoms with Crippen molar-refractivity contribution in [1.29, 1.82) is 0 Å². The minimum atomic E-state index is 0.147. The van der Waals surface area contributed by atoms with Crippen LogP contribution in [0.1, 0.15) is 149 Å². The lowest BCUT2D eigenvalue weighted by molar-refractivity contribution is 0.395. The second kappa shape index (κ2) is 17.8. The first-order valence-electron chi connectivity index (χ1n) is 15.7. The number of unbranched alkanes of at least 4 members (excludes halogenated alkanes) is 1. The number of hydrogen-bond donors (Lipinski definition) is 0. The number of furan rings is 1. The van der Waals surface area contributed by atoms with Crippen molar-refractivity contribution < 1.29 is 4.42 Å². The third-order valence-corrected chi connectivity index (χ3v) is 7.97. The van der Waals surface area contributed by atoms with Gasteiger partial charge in [-0.05, 0) is 72.8 Å². The fourth-order valence-corrected chi connectivity index (χ4v) is 4.66. The van der Waals surface area contributed by atoms with E-state index in [0.717, 1.165) is 11.5 Å². The molecular formula is C38H64N2OS. The van der Waals surface area contributed by atoms with Crippen molar-refractivity contribution in [2.24, 2.45) is 5.41 Å². The molecule has 0 aliphatic carbocycles. The van der Waals surface area contributed by atoms with E-state index in [1.165, 1.54) is 41.0 Å². The lowest BCUT2D eigenvalue weighted by atomic mass is 9.83. The average Bonchev–Trinajstić information content (AvgIpc) is 3.51. The minimum Gasteiger partial charge on any atom is -0.466 e. The number of aryl methyl sites for hydroxylation is 2. The molecule has 0 radical (unpaired) electrons. The van der Waals surface area contributed by atoms with E-state index in [-0.39, 0.29) is 10.8 Å². The van der Waals surface area contributed by atoms with E-state index in [4.69, 9.17) is 4.42 Å². The predicted molar refractivity (Wildman–Crippen MR) is 188 cm³/mol. The predicted octanol–water partition coefficient (Wildman–Crippen LogP) is 12.6. The molecule has 3 heterocycles. The molecule has 238 valence electrons. The molecule has 0 N–H and O–H groups in total. The van der Waals surface area contributed by atoms with Crippen molar-refractivity contribution in [3.63, 3.8) is 0 Å². The Labute approximate surface area is 264 Å². The molecule has 0 unspecified atom stereocenters. The van der Waals surface area contributed by atoms with Crippen molar-refractivity contribution in [2.45, 2.75) is 153 Å². The highest BCUT2D eigenvalue weighted by atomic mass is 32.1. The van der Waals surface area contributed by atoms with Gasteiger partial charge in [0.2, 0.25) is 0 Å². The molecule has 0 spiro atoms. The van der Waals surface area contributed by atoms with Gasteiger partial charge < -0.3 is 4.42 Å². The van der Waals surface area contributed by atoms with Crippen LogP contribution in [0.25, 0.3) is 0 Å². The van der Waals surface area contributed by atoms with E-state index in [2.05, 4.69) is 132 Å². The monoisotopic (exact) mass is 596 g/mol. The molecule has 0 aromatic carbocycles. The summed E-state index contributed by atoms with van der Waals surface area (Å²) >= 11 is 1.89. The largest absolute Gasteiger partial charge is 0.466 e. The molecule has 0 saturated carbocycles. The Kier molecular flexibility index (Phi) is 16.9. The van der Waals surface area contributed by atoms with Crippen LogP contribution in [0.2, 0.25) is 0 Å². The lowest BCUT2D eigenvalue weighted by Gasteiger charge is -2.23. The molecule has 0 atom stereocenters. The summed E-state index contributed by atoms with van der Waals surface area (Å²) in [4.78, 5) is 10.8. The quantitative estimate of drug-likeness (QED) is 0.281. The van der Waals surface area contributed by atoms with E-state index >= 15 is 0 Å². The first-order chi connectivity index (χ1) is 19.1. The first-order valence-corrected chi connectivity index (χ1v) is 16.5. The molecule has 0 saturated heterocycles. The Hall–Kier alpha value is -2.20.